The van der Waals surface area contributed by atoms with Crippen LogP contribution in [0.3, 0.4) is 0 Å². The summed E-state index contributed by atoms with van der Waals surface area (Å²) >= 11 is 0. The predicted molar refractivity (Wildman–Crippen MR) is 122 cm³/mol. The van der Waals surface area contributed by atoms with E-state index in [0.29, 0.717) is 25.9 Å². The summed E-state index contributed by atoms with van der Waals surface area (Å²) in [6.45, 7) is 4.40. The van der Waals surface area contributed by atoms with E-state index in [2.05, 4.69) is 10.6 Å². The number of hydrogen-bond donors (Lipinski definition) is 10. The van der Waals surface area contributed by atoms with Crippen molar-refractivity contribution in [3.8, 4) is 0 Å². The highest BCUT2D eigenvalue weighted by Gasteiger charge is 2.49. The van der Waals surface area contributed by atoms with E-state index < -0.39 is 61.4 Å². The Morgan fingerprint density at radius 2 is 1.00 bits per heavy atom. The van der Waals surface area contributed by atoms with Crippen LogP contribution in [0.5, 0.6) is 0 Å². The zero-order chi connectivity index (χ0) is 26.1. The number of ether oxygens (including phenoxy) is 3. The van der Waals surface area contributed by atoms with Gasteiger partial charge < -0.3 is 65.7 Å². The Kier molecular flexibility index (Phi) is 13.2. The number of aliphatic hydroxyl groups excluding tert-OH is 8. The van der Waals surface area contributed by atoms with Gasteiger partial charge in [0.15, 0.2) is 12.6 Å². The van der Waals surface area contributed by atoms with Gasteiger partial charge >= 0.3 is 0 Å². The number of rotatable bonds is 14. The molecule has 2 aliphatic rings. The maximum Gasteiger partial charge on any atom is 0.189 e. The zero-order valence-electron chi connectivity index (χ0n) is 20.4. The largest absolute Gasteiger partial charge is 0.395 e. The molecule has 0 spiro atoms. The number of hydrogen-bond acceptors (Lipinski definition) is 13. The molecule has 0 aromatic carbocycles. The Labute approximate surface area is 205 Å². The Hall–Kier alpha value is -0.520. The fourth-order valence-electron chi connectivity index (χ4n) is 4.20. The Balaban J connectivity index is 1.99. The molecule has 12 atom stereocenters. The third-order valence-corrected chi connectivity index (χ3v) is 6.76. The highest BCUT2D eigenvalue weighted by molar-refractivity contribution is 4.93. The molecule has 2 saturated heterocycles. The fourth-order valence-corrected chi connectivity index (χ4v) is 4.20. The predicted octanol–water partition coefficient (Wildman–Crippen LogP) is -3.88. The molecule has 5 unspecified atom stereocenters. The van der Waals surface area contributed by atoms with Crippen LogP contribution in [0.1, 0.15) is 39.5 Å². The van der Waals surface area contributed by atoms with Gasteiger partial charge in [0.2, 0.25) is 0 Å². The van der Waals surface area contributed by atoms with Gasteiger partial charge in [-0.05, 0) is 38.8 Å². The molecule has 0 aliphatic carbocycles. The van der Waals surface area contributed by atoms with E-state index in [1.165, 1.54) is 0 Å². The summed E-state index contributed by atoms with van der Waals surface area (Å²) < 4.78 is 16.9. The highest BCUT2D eigenvalue weighted by atomic mass is 16.8. The van der Waals surface area contributed by atoms with Crippen molar-refractivity contribution in [3.05, 3.63) is 0 Å². The van der Waals surface area contributed by atoms with Crippen LogP contribution in [0.15, 0.2) is 0 Å². The summed E-state index contributed by atoms with van der Waals surface area (Å²) in [6.07, 6.45) is -12.3. The molecular weight excluding hydrogens is 468 g/mol. The quantitative estimate of drug-likeness (QED) is 0.108. The molecule has 2 rings (SSSR count). The van der Waals surface area contributed by atoms with E-state index in [-0.39, 0.29) is 38.1 Å². The minimum absolute atomic E-state index is 0.0570. The molecule has 13 nitrogen and oxygen atoms in total. The maximum absolute atomic E-state index is 10.4. The van der Waals surface area contributed by atoms with Gasteiger partial charge in [0.05, 0.1) is 25.4 Å². The molecule has 0 aromatic rings. The van der Waals surface area contributed by atoms with Crippen molar-refractivity contribution in [2.24, 2.45) is 0 Å². The van der Waals surface area contributed by atoms with Gasteiger partial charge in [0.1, 0.15) is 36.6 Å². The second kappa shape index (κ2) is 15.0. The van der Waals surface area contributed by atoms with Crippen molar-refractivity contribution in [2.45, 2.75) is 113 Å². The van der Waals surface area contributed by atoms with Crippen LogP contribution in [0.4, 0.5) is 0 Å². The minimum atomic E-state index is -1.66. The average molecular weight is 513 g/mol. The molecule has 0 radical (unpaired) electrons. The van der Waals surface area contributed by atoms with Crippen LogP contribution in [0, 0.1) is 0 Å². The first kappa shape index (κ1) is 30.7. The van der Waals surface area contributed by atoms with Crippen LogP contribution in [0.25, 0.3) is 0 Å². The molecule has 2 aliphatic heterocycles. The molecule has 2 heterocycles. The van der Waals surface area contributed by atoms with Crippen molar-refractivity contribution in [3.63, 3.8) is 0 Å². The van der Waals surface area contributed by atoms with E-state index in [1.54, 1.807) is 0 Å². The minimum Gasteiger partial charge on any atom is -0.395 e. The average Bonchev–Trinajstić information content (AvgIpc) is 2.86. The lowest BCUT2D eigenvalue weighted by atomic mass is 9.95. The van der Waals surface area contributed by atoms with E-state index in [4.69, 9.17) is 14.2 Å². The van der Waals surface area contributed by atoms with Gasteiger partial charge in [-0.3, -0.25) is 0 Å². The molecule has 2 fully saturated rings. The number of aliphatic hydroxyl groups is 8. The normalized spacial score (nSPS) is 39.9. The van der Waals surface area contributed by atoms with Gasteiger partial charge in [-0.2, -0.15) is 0 Å². The summed E-state index contributed by atoms with van der Waals surface area (Å²) in [7, 11) is 0. The lowest BCUT2D eigenvalue weighted by molar-refractivity contribution is -0.374. The second-order valence-corrected chi connectivity index (χ2v) is 9.23. The third-order valence-electron chi connectivity index (χ3n) is 6.76. The first-order valence-electron chi connectivity index (χ1n) is 12.4. The monoisotopic (exact) mass is 512 g/mol. The van der Waals surface area contributed by atoms with Crippen molar-refractivity contribution >= 4 is 0 Å². The van der Waals surface area contributed by atoms with Crippen LogP contribution >= 0.6 is 0 Å². The standard InChI is InChI=1S/C22H44N2O11/c1-3-11(9-25)23-7-5-13-15(27)17(29)19(31)21(33-13)35-22-20(32)18(30)16(28)14(34-22)6-8-24-12(4-2)10-26/h11-32H,3-10H2,1-2H3/t11?,12?,13?,14?,15-,16-,17+,18+,19-,20-,21-,22?/m1/s1. The Morgan fingerprint density at radius 3 is 1.31 bits per heavy atom. The third kappa shape index (κ3) is 8.23. The molecule has 0 amide bonds. The van der Waals surface area contributed by atoms with Gasteiger partial charge in [0.25, 0.3) is 0 Å². The van der Waals surface area contributed by atoms with Gasteiger partial charge in [-0.25, -0.2) is 0 Å². The van der Waals surface area contributed by atoms with E-state index >= 15 is 0 Å². The van der Waals surface area contributed by atoms with Gasteiger partial charge in [-0.1, -0.05) is 13.8 Å². The topological polar surface area (TPSA) is 214 Å². The van der Waals surface area contributed by atoms with Crippen molar-refractivity contribution in [2.75, 3.05) is 26.3 Å². The smallest absolute Gasteiger partial charge is 0.189 e. The fraction of sp³-hybridized carbons (Fsp3) is 1.00. The zero-order valence-corrected chi connectivity index (χ0v) is 20.4. The lowest BCUT2D eigenvalue weighted by Gasteiger charge is -2.45. The first-order valence-corrected chi connectivity index (χ1v) is 12.4. The molecule has 0 saturated carbocycles. The van der Waals surface area contributed by atoms with Crippen molar-refractivity contribution in [1.82, 2.24) is 10.6 Å². The van der Waals surface area contributed by atoms with E-state index in [1.807, 2.05) is 13.8 Å². The summed E-state index contributed by atoms with van der Waals surface area (Å²) in [6, 6.07) is -0.262. The summed E-state index contributed by atoms with van der Waals surface area (Å²) in [4.78, 5) is 0. The molecule has 35 heavy (non-hydrogen) atoms. The first-order chi connectivity index (χ1) is 16.7. The van der Waals surface area contributed by atoms with E-state index in [0.717, 1.165) is 0 Å². The maximum atomic E-state index is 10.4. The van der Waals surface area contributed by atoms with E-state index in [9.17, 15) is 40.9 Å². The van der Waals surface area contributed by atoms with Crippen molar-refractivity contribution in [1.29, 1.82) is 0 Å². The molecule has 0 bridgehead atoms. The van der Waals surface area contributed by atoms with Gasteiger partial charge in [-0.15, -0.1) is 0 Å². The van der Waals surface area contributed by atoms with Crippen LogP contribution in [-0.4, -0.2) is 141 Å². The summed E-state index contributed by atoms with van der Waals surface area (Å²) in [5.41, 5.74) is 0. The molecular formula is C22H44N2O11. The SMILES string of the molecule is CCC(CO)NCCC1O[C@H](OC2OC(CCNC(CC)CO)[C@@H](O)[C@H](O)[C@H]2O)[C@H](O)[C@@H](O)[C@@H]1O. The summed E-state index contributed by atoms with van der Waals surface area (Å²) in [5.74, 6) is 0. The van der Waals surface area contributed by atoms with Crippen LogP contribution in [-0.2, 0) is 14.2 Å². The molecule has 10 N–H and O–H groups in total. The van der Waals surface area contributed by atoms with Crippen molar-refractivity contribution < 1.29 is 55.1 Å². The van der Waals surface area contributed by atoms with Gasteiger partial charge in [0, 0.05) is 12.1 Å². The second-order valence-electron chi connectivity index (χ2n) is 9.23. The Morgan fingerprint density at radius 1 is 0.629 bits per heavy atom. The highest BCUT2D eigenvalue weighted by Crippen LogP contribution is 2.29. The van der Waals surface area contributed by atoms with Crippen LogP contribution < -0.4 is 10.6 Å². The number of nitrogens with one attached hydrogen (secondary N) is 2. The summed E-state index contributed by atoms with van der Waals surface area (Å²) in [5, 5.41) is 86.8. The molecule has 0 aromatic heterocycles. The Bertz CT molecular complexity index is 536. The van der Waals surface area contributed by atoms with Crippen LogP contribution in [0.2, 0.25) is 0 Å². The molecule has 208 valence electrons. The molecule has 13 heteroatoms. The lowest BCUT2D eigenvalue weighted by Crippen LogP contribution is -2.63.